The van der Waals surface area contributed by atoms with Crippen LogP contribution in [0.25, 0.3) is 33.1 Å². The first-order valence-electron chi connectivity index (χ1n) is 11.8. The number of phenols is 1. The Morgan fingerprint density at radius 2 is 2.08 bits per heavy atom. The molecule has 1 saturated heterocycles. The van der Waals surface area contributed by atoms with E-state index < -0.39 is 5.82 Å². The van der Waals surface area contributed by atoms with Gasteiger partial charge < -0.3 is 19.5 Å². The summed E-state index contributed by atoms with van der Waals surface area (Å²) in [4.78, 5) is 9.26. The van der Waals surface area contributed by atoms with E-state index in [2.05, 4.69) is 39.1 Å². The first-order chi connectivity index (χ1) is 17.3. The molecule has 4 aromatic rings. The fraction of sp³-hybridized carbons (Fsp3) is 0.385. The highest BCUT2D eigenvalue weighted by molar-refractivity contribution is 6.32. The van der Waals surface area contributed by atoms with E-state index in [0.717, 1.165) is 19.5 Å². The maximum absolute atomic E-state index is 15.8. The third-order valence-electron chi connectivity index (χ3n) is 6.95. The first-order valence-corrected chi connectivity index (χ1v) is 12.2. The molecule has 5 rings (SSSR count). The first kappa shape index (κ1) is 24.5. The molecule has 0 spiro atoms. The number of aryl methyl sites for hydroxylation is 1. The quantitative estimate of drug-likeness (QED) is 0.373. The summed E-state index contributed by atoms with van der Waals surface area (Å²) in [6.45, 7) is 5.03. The van der Waals surface area contributed by atoms with E-state index >= 15 is 4.39 Å². The summed E-state index contributed by atoms with van der Waals surface area (Å²) in [6, 6.07) is 6.48. The molecule has 190 valence electrons. The summed E-state index contributed by atoms with van der Waals surface area (Å²) in [5.74, 6) is 0.173. The number of methoxy groups -OCH3 is 1. The van der Waals surface area contributed by atoms with E-state index in [1.54, 1.807) is 19.2 Å². The number of likely N-dealkylation sites (tertiary alicyclic amines) is 1. The minimum absolute atomic E-state index is 0.0638. The molecule has 2 aromatic carbocycles. The summed E-state index contributed by atoms with van der Waals surface area (Å²) < 4.78 is 27.7. The lowest BCUT2D eigenvalue weighted by Gasteiger charge is -2.24. The van der Waals surface area contributed by atoms with Gasteiger partial charge in [0.1, 0.15) is 18.2 Å². The number of ether oxygens (including phenoxy) is 2. The molecule has 1 aliphatic rings. The molecule has 0 aliphatic carbocycles. The number of fused-ring (bicyclic) bond motifs is 3. The second-order valence-corrected chi connectivity index (χ2v) is 9.74. The van der Waals surface area contributed by atoms with Crippen molar-refractivity contribution >= 4 is 33.4 Å². The monoisotopic (exact) mass is 513 g/mol. The van der Waals surface area contributed by atoms with Crippen LogP contribution >= 0.6 is 11.6 Å². The van der Waals surface area contributed by atoms with Crippen LogP contribution in [0.2, 0.25) is 5.02 Å². The van der Waals surface area contributed by atoms with E-state index in [-0.39, 0.29) is 16.2 Å². The maximum atomic E-state index is 15.8. The number of H-pyrrole nitrogens is 1. The van der Waals surface area contributed by atoms with Crippen LogP contribution < -0.4 is 9.47 Å². The topological polar surface area (TPSA) is 86.7 Å². The van der Waals surface area contributed by atoms with Crippen LogP contribution in [-0.2, 0) is 0 Å². The number of phenolic OH excluding ortho intramolecular Hbond substituents is 1. The van der Waals surface area contributed by atoms with Crippen molar-refractivity contribution in [1.29, 1.82) is 0 Å². The molecule has 0 saturated carbocycles. The number of hydrogen-bond acceptors (Lipinski definition) is 7. The van der Waals surface area contributed by atoms with Gasteiger partial charge in [0, 0.05) is 41.5 Å². The average Bonchev–Trinajstić information content (AvgIpc) is 3.46. The number of aromatic hydroxyl groups is 1. The van der Waals surface area contributed by atoms with Crippen molar-refractivity contribution < 1.29 is 19.0 Å². The second-order valence-electron chi connectivity index (χ2n) is 9.33. The number of nitrogens with one attached hydrogen (secondary N) is 1. The number of nitrogens with zero attached hydrogens (tertiary/aromatic N) is 4. The zero-order chi connectivity index (χ0) is 25.6. The molecule has 0 amide bonds. The molecule has 1 unspecified atom stereocenters. The Morgan fingerprint density at radius 1 is 1.28 bits per heavy atom. The predicted molar refractivity (Wildman–Crippen MR) is 139 cm³/mol. The molecule has 10 heteroatoms. The van der Waals surface area contributed by atoms with Crippen molar-refractivity contribution in [2.75, 3.05) is 47.4 Å². The lowest BCUT2D eigenvalue weighted by molar-refractivity contribution is 0.189. The van der Waals surface area contributed by atoms with E-state index in [1.807, 2.05) is 6.92 Å². The molecule has 0 radical (unpaired) electrons. The molecule has 3 heterocycles. The largest absolute Gasteiger partial charge is 0.506 e. The smallest absolute Gasteiger partial charge is 0.169 e. The third kappa shape index (κ3) is 4.31. The molecule has 1 aliphatic heterocycles. The van der Waals surface area contributed by atoms with Gasteiger partial charge in [-0.25, -0.2) is 9.37 Å². The minimum Gasteiger partial charge on any atom is -0.506 e. The van der Waals surface area contributed by atoms with Gasteiger partial charge in [0.15, 0.2) is 17.1 Å². The summed E-state index contributed by atoms with van der Waals surface area (Å²) >= 11 is 6.16. The Balaban J connectivity index is 1.59. The highest BCUT2D eigenvalue weighted by atomic mass is 35.5. The molecular weight excluding hydrogens is 485 g/mol. The summed E-state index contributed by atoms with van der Waals surface area (Å²) in [7, 11) is 5.75. The molecule has 1 fully saturated rings. The zero-order valence-corrected chi connectivity index (χ0v) is 21.5. The van der Waals surface area contributed by atoms with Crippen LogP contribution in [-0.4, -0.2) is 83.6 Å². The lowest BCUT2D eigenvalue weighted by Crippen LogP contribution is -2.36. The third-order valence-corrected chi connectivity index (χ3v) is 7.26. The predicted octanol–water partition coefficient (Wildman–Crippen LogP) is 4.61. The Labute approximate surface area is 213 Å². The van der Waals surface area contributed by atoms with Crippen molar-refractivity contribution in [3.8, 4) is 28.5 Å². The molecule has 2 N–H and O–H groups in total. The van der Waals surface area contributed by atoms with Gasteiger partial charge in [-0.15, -0.1) is 0 Å². The van der Waals surface area contributed by atoms with Gasteiger partial charge >= 0.3 is 0 Å². The number of rotatable bonds is 7. The van der Waals surface area contributed by atoms with E-state index in [1.165, 1.54) is 12.1 Å². The van der Waals surface area contributed by atoms with Crippen LogP contribution in [0.15, 0.2) is 24.3 Å². The van der Waals surface area contributed by atoms with Crippen molar-refractivity contribution in [1.82, 2.24) is 25.0 Å². The highest BCUT2D eigenvalue weighted by Gasteiger charge is 2.26. The molecule has 36 heavy (non-hydrogen) atoms. The molecule has 2 aromatic heterocycles. The van der Waals surface area contributed by atoms with Gasteiger partial charge in [-0.05, 0) is 52.2 Å². The zero-order valence-electron chi connectivity index (χ0n) is 20.7. The number of aromatic amines is 1. The second kappa shape index (κ2) is 9.72. The maximum Gasteiger partial charge on any atom is 0.169 e. The Morgan fingerprint density at radius 3 is 2.78 bits per heavy atom. The van der Waals surface area contributed by atoms with Gasteiger partial charge in [-0.2, -0.15) is 5.10 Å². The number of aromatic nitrogens is 3. The summed E-state index contributed by atoms with van der Waals surface area (Å²) in [5.41, 5.74) is 2.06. The number of pyridine rings is 1. The van der Waals surface area contributed by atoms with Crippen molar-refractivity contribution in [2.24, 2.45) is 0 Å². The van der Waals surface area contributed by atoms with Gasteiger partial charge in [0.2, 0.25) is 0 Å². The fourth-order valence-electron chi connectivity index (χ4n) is 4.97. The number of hydrogen-bond donors (Lipinski definition) is 2. The van der Waals surface area contributed by atoms with Gasteiger partial charge in [0.05, 0.1) is 28.9 Å². The normalized spacial score (nSPS) is 16.5. The minimum atomic E-state index is -0.499. The van der Waals surface area contributed by atoms with Crippen LogP contribution in [0.3, 0.4) is 0 Å². The van der Waals surface area contributed by atoms with E-state index in [0.29, 0.717) is 64.1 Å². The van der Waals surface area contributed by atoms with E-state index in [4.69, 9.17) is 21.1 Å². The highest BCUT2D eigenvalue weighted by Crippen LogP contribution is 2.45. The van der Waals surface area contributed by atoms with Crippen molar-refractivity contribution in [3.05, 3.63) is 40.8 Å². The van der Waals surface area contributed by atoms with Gasteiger partial charge in [-0.1, -0.05) is 11.6 Å². The van der Waals surface area contributed by atoms with Crippen molar-refractivity contribution in [3.63, 3.8) is 0 Å². The Kier molecular flexibility index (Phi) is 6.63. The van der Waals surface area contributed by atoms with Gasteiger partial charge in [0.25, 0.3) is 0 Å². The summed E-state index contributed by atoms with van der Waals surface area (Å²) in [5, 5.41) is 18.7. The number of likely N-dealkylation sites (N-methyl/N-ethyl adjacent to an activating group) is 2. The van der Waals surface area contributed by atoms with Crippen LogP contribution in [0.1, 0.15) is 12.1 Å². The molecule has 1 atom stereocenters. The van der Waals surface area contributed by atoms with Crippen LogP contribution in [0.5, 0.6) is 17.2 Å². The standard InChI is InChI=1S/C26H29ClFN5O3/c1-14-21-23-22(24(29-26(21)31-30-14)15-5-6-19(34)17(27)11-15)18(28)12-20(25(23)35-4)36-10-9-33(3)16-7-8-32(2)13-16/h5-6,11-12,16,34H,7-10,13H2,1-4H3,(H,29,30,31). The number of benzene rings is 2. The summed E-state index contributed by atoms with van der Waals surface area (Å²) in [6.07, 6.45) is 1.12. The molecular formula is C26H29ClFN5O3. The SMILES string of the molecule is COc1c(OCCN(C)C2CCN(C)C2)cc(F)c2c(-c3ccc(O)c(Cl)c3)nc3[nH]nc(C)c3c12. The van der Waals surface area contributed by atoms with Crippen molar-refractivity contribution in [2.45, 2.75) is 19.4 Å². The molecule has 8 nitrogen and oxygen atoms in total. The van der Waals surface area contributed by atoms with Crippen LogP contribution in [0, 0.1) is 12.7 Å². The lowest BCUT2D eigenvalue weighted by atomic mass is 9.99. The fourth-order valence-corrected chi connectivity index (χ4v) is 5.15. The van der Waals surface area contributed by atoms with Crippen LogP contribution in [0.4, 0.5) is 4.39 Å². The molecule has 0 bridgehead atoms. The Bertz CT molecular complexity index is 1440. The van der Waals surface area contributed by atoms with E-state index in [9.17, 15) is 5.11 Å². The van der Waals surface area contributed by atoms with Gasteiger partial charge in [-0.3, -0.25) is 10.00 Å². The average molecular weight is 514 g/mol. The number of halogens is 2. The Hall–Kier alpha value is -3.14.